The zero-order valence-corrected chi connectivity index (χ0v) is 32.2. The van der Waals surface area contributed by atoms with Crippen LogP contribution in [0.3, 0.4) is 0 Å². The number of aliphatic hydroxyl groups is 3. The minimum atomic E-state index is -2.62. The summed E-state index contributed by atoms with van der Waals surface area (Å²) in [5.41, 5.74) is -11.1. The van der Waals surface area contributed by atoms with Gasteiger partial charge in [-0.15, -0.1) is 0 Å². The number of carbonyl (C=O) groups excluding carboxylic acids is 5. The fourth-order valence-electron chi connectivity index (χ4n) is 8.17. The molecular formula is C36H54O16. The van der Waals surface area contributed by atoms with Crippen LogP contribution in [0.1, 0.15) is 103 Å². The molecule has 9 atom stereocenters. The Morgan fingerprint density at radius 2 is 1.31 bits per heavy atom. The molecule has 2 saturated carbocycles. The van der Waals surface area contributed by atoms with Gasteiger partial charge in [0.25, 0.3) is 0 Å². The first-order chi connectivity index (χ1) is 23.4. The van der Waals surface area contributed by atoms with E-state index >= 15 is 4.79 Å². The Bertz CT molecular complexity index is 1510. The van der Waals surface area contributed by atoms with Gasteiger partial charge in [-0.2, -0.15) is 0 Å². The Hall–Kier alpha value is -3.63. The molecule has 16 heteroatoms. The van der Waals surface area contributed by atoms with Gasteiger partial charge in [0.2, 0.25) is 0 Å². The van der Waals surface area contributed by atoms with Gasteiger partial charge in [0.05, 0.1) is 18.1 Å². The summed E-state index contributed by atoms with van der Waals surface area (Å²) < 4.78 is 45.6. The summed E-state index contributed by atoms with van der Waals surface area (Å²) in [6.07, 6.45) is -14.2. The van der Waals surface area contributed by atoms with Crippen LogP contribution in [0.5, 0.6) is 0 Å². The maximum Gasteiger partial charge on any atom is 0.509 e. The topological polar surface area (TPSA) is 220 Å². The molecule has 3 aliphatic carbocycles. The maximum absolute atomic E-state index is 15.5. The van der Waals surface area contributed by atoms with Crippen molar-refractivity contribution in [1.29, 1.82) is 0 Å². The highest BCUT2D eigenvalue weighted by Crippen LogP contribution is 2.65. The van der Waals surface area contributed by atoms with E-state index in [2.05, 4.69) is 0 Å². The third kappa shape index (κ3) is 7.17. The van der Waals surface area contributed by atoms with Crippen molar-refractivity contribution in [2.24, 2.45) is 16.7 Å². The molecule has 0 radical (unpaired) electrons. The molecule has 294 valence electrons. The average Bonchev–Trinajstić information content (AvgIpc) is 3.26. The van der Waals surface area contributed by atoms with Crippen molar-refractivity contribution < 1.29 is 77.2 Å². The Morgan fingerprint density at radius 3 is 1.79 bits per heavy atom. The number of rotatable bonds is 4. The van der Waals surface area contributed by atoms with Crippen LogP contribution in [-0.2, 0) is 42.7 Å². The molecule has 0 unspecified atom stereocenters. The quantitative estimate of drug-likeness (QED) is 0.203. The first-order valence-electron chi connectivity index (χ1n) is 17.3. The summed E-state index contributed by atoms with van der Waals surface area (Å²) >= 11 is 0. The van der Waals surface area contributed by atoms with Gasteiger partial charge in [0.1, 0.15) is 34.6 Å². The van der Waals surface area contributed by atoms with Gasteiger partial charge in [-0.05, 0) is 87.3 Å². The summed E-state index contributed by atoms with van der Waals surface area (Å²) in [5.74, 6) is -2.79. The second kappa shape index (κ2) is 13.0. The Morgan fingerprint density at radius 1 is 0.827 bits per heavy atom. The van der Waals surface area contributed by atoms with Gasteiger partial charge < -0.3 is 53.2 Å². The van der Waals surface area contributed by atoms with Gasteiger partial charge in [-0.3, -0.25) is 4.79 Å². The monoisotopic (exact) mass is 742 g/mol. The van der Waals surface area contributed by atoms with E-state index in [0.29, 0.717) is 0 Å². The zero-order valence-electron chi connectivity index (χ0n) is 32.2. The van der Waals surface area contributed by atoms with Crippen molar-refractivity contribution in [3.63, 3.8) is 0 Å². The van der Waals surface area contributed by atoms with Crippen LogP contribution in [0.15, 0.2) is 11.1 Å². The molecule has 16 nitrogen and oxygen atoms in total. The van der Waals surface area contributed by atoms with Crippen molar-refractivity contribution in [2.75, 3.05) is 6.61 Å². The molecule has 0 amide bonds. The highest BCUT2D eigenvalue weighted by molar-refractivity contribution is 5.95. The average molecular weight is 743 g/mol. The number of aliphatic hydroxyl groups excluding tert-OH is 2. The maximum atomic E-state index is 15.5. The second-order valence-corrected chi connectivity index (χ2v) is 17.8. The molecule has 1 spiro atoms. The number of hydrogen-bond donors (Lipinski definition) is 3. The van der Waals surface area contributed by atoms with Gasteiger partial charge >= 0.3 is 24.6 Å². The first-order valence-corrected chi connectivity index (χ1v) is 17.3. The van der Waals surface area contributed by atoms with Gasteiger partial charge in [0, 0.05) is 24.2 Å². The predicted octanol–water partition coefficient (Wildman–Crippen LogP) is 4.66. The summed E-state index contributed by atoms with van der Waals surface area (Å²) in [7, 11) is 0. The van der Waals surface area contributed by atoms with Crippen LogP contribution in [0.2, 0.25) is 0 Å². The van der Waals surface area contributed by atoms with Gasteiger partial charge in [-0.1, -0.05) is 13.8 Å². The van der Waals surface area contributed by atoms with Crippen molar-refractivity contribution in [3.05, 3.63) is 11.1 Å². The van der Waals surface area contributed by atoms with Crippen LogP contribution in [0, 0.1) is 16.7 Å². The van der Waals surface area contributed by atoms with Crippen molar-refractivity contribution in [1.82, 2.24) is 0 Å². The van der Waals surface area contributed by atoms with Gasteiger partial charge in [-0.25, -0.2) is 19.2 Å². The lowest BCUT2D eigenvalue weighted by atomic mass is 9.45. The van der Waals surface area contributed by atoms with E-state index in [9.17, 15) is 34.5 Å². The van der Waals surface area contributed by atoms with Crippen LogP contribution >= 0.6 is 0 Å². The zero-order chi connectivity index (χ0) is 39.8. The molecule has 3 fully saturated rings. The molecule has 0 aromatic carbocycles. The highest BCUT2D eigenvalue weighted by Gasteiger charge is 2.78. The van der Waals surface area contributed by atoms with Crippen LogP contribution < -0.4 is 0 Å². The number of hydrogen-bond acceptors (Lipinski definition) is 16. The minimum Gasteiger partial charge on any atom is -0.430 e. The SMILES string of the molecule is CC1=C2[C@@H](OC(=O)OC(C)(C)C)C(=O)[C@]3(C)[C@@H](OC(=O)OC(C)(C)C)C[C@H](O)[C@@](O)(CO)[C@H]3[C@@H]3OC(=O)O[C@@]3(C[C@@H]1OC(=O)OC(C)(C)C)C2(C)C. The van der Waals surface area contributed by atoms with E-state index in [0.717, 1.165) is 0 Å². The molecule has 0 aromatic rings. The Labute approximate surface area is 303 Å². The minimum absolute atomic E-state index is 0.0424. The van der Waals surface area contributed by atoms with E-state index in [1.165, 1.54) is 6.92 Å². The number of Topliss-reactive ketones (excluding diaryl/α,β-unsaturated/α-hetero) is 1. The van der Waals surface area contributed by atoms with Crippen molar-refractivity contribution in [3.8, 4) is 0 Å². The predicted molar refractivity (Wildman–Crippen MR) is 178 cm³/mol. The standard InChI is InChI=1S/C36H54O16/c1-17-18(45-26(40)49-30(2,3)4)15-36-25(48-29(43)52-36)23-34(13,20(14-19(38)35(23,44)16-37)46-27(41)50-31(5,6)7)24(39)22(21(17)33(36,11)12)47-28(42)51-32(8,9)10/h18-20,22-23,25,37-38,44H,14-16H2,1-13H3/t18-,19-,20-,22+,23-,25-,34+,35-,36+/m0/s1. The molecule has 1 heterocycles. The smallest absolute Gasteiger partial charge is 0.430 e. The molecule has 3 N–H and O–H groups in total. The third-order valence-electron chi connectivity index (χ3n) is 10.4. The van der Waals surface area contributed by atoms with Crippen LogP contribution in [-0.4, -0.2) is 111 Å². The van der Waals surface area contributed by atoms with E-state index in [1.807, 2.05) is 0 Å². The van der Waals surface area contributed by atoms with Crippen molar-refractivity contribution in [2.45, 2.75) is 161 Å². The molecule has 1 saturated heterocycles. The molecule has 2 bridgehead atoms. The first kappa shape index (κ1) is 41.1. The highest BCUT2D eigenvalue weighted by atomic mass is 16.8. The van der Waals surface area contributed by atoms with E-state index < -0.39 is 119 Å². The van der Waals surface area contributed by atoms with Crippen LogP contribution in [0.25, 0.3) is 0 Å². The second-order valence-electron chi connectivity index (χ2n) is 17.8. The third-order valence-corrected chi connectivity index (χ3v) is 10.4. The lowest BCUT2D eigenvalue weighted by Crippen LogP contribution is -2.77. The molecule has 1 aliphatic heterocycles. The number of ether oxygens (including phenoxy) is 8. The molecule has 4 aliphatic rings. The van der Waals surface area contributed by atoms with E-state index in [4.69, 9.17) is 37.9 Å². The largest absolute Gasteiger partial charge is 0.509 e. The number of ketones is 1. The van der Waals surface area contributed by atoms with E-state index in [1.54, 1.807) is 83.1 Å². The van der Waals surface area contributed by atoms with Crippen molar-refractivity contribution >= 4 is 30.4 Å². The molecule has 52 heavy (non-hydrogen) atoms. The molecular weight excluding hydrogens is 688 g/mol. The normalized spacial score (nSPS) is 35.8. The Balaban J connectivity index is 2.08. The Kier molecular flexibility index (Phi) is 10.3. The molecule has 0 aromatic heterocycles. The lowest BCUT2D eigenvalue weighted by molar-refractivity contribution is -0.266. The number of carbonyl (C=O) groups is 5. The summed E-state index contributed by atoms with van der Waals surface area (Å²) in [6, 6.07) is 0. The van der Waals surface area contributed by atoms with Gasteiger partial charge in [0.15, 0.2) is 23.6 Å². The number of fused-ring (bicyclic) bond motifs is 3. The summed E-state index contributed by atoms with van der Waals surface area (Å²) in [4.78, 5) is 68.7. The van der Waals surface area contributed by atoms with E-state index in [-0.39, 0.29) is 17.6 Å². The summed E-state index contributed by atoms with van der Waals surface area (Å²) in [6.45, 7) is 19.2. The molecule has 4 rings (SSSR count). The summed E-state index contributed by atoms with van der Waals surface area (Å²) in [5, 5.41) is 34.6. The fraction of sp³-hybridized carbons (Fsp3) is 0.806. The lowest BCUT2D eigenvalue weighted by Gasteiger charge is -2.62. The fourth-order valence-corrected chi connectivity index (χ4v) is 8.17. The van der Waals surface area contributed by atoms with Crippen LogP contribution in [0.4, 0.5) is 19.2 Å².